The predicted molar refractivity (Wildman–Crippen MR) is 46.5 cm³/mol. The van der Waals surface area contributed by atoms with Crippen LogP contribution in [0.1, 0.15) is 25.7 Å². The van der Waals surface area contributed by atoms with Crippen molar-refractivity contribution in [1.29, 1.82) is 0 Å². The number of aliphatic hydroxyl groups is 2. The van der Waals surface area contributed by atoms with Gasteiger partial charge in [0.25, 0.3) is 0 Å². The minimum absolute atomic E-state index is 0.266. The van der Waals surface area contributed by atoms with Crippen LogP contribution >= 0.6 is 0 Å². The first kappa shape index (κ1) is 10.2. The summed E-state index contributed by atoms with van der Waals surface area (Å²) >= 11 is 0. The number of hydrogen-bond donors (Lipinski definition) is 2. The highest BCUT2D eigenvalue weighted by Gasteiger charge is 1.89. The molecular formula is C9H16O2. The minimum atomic E-state index is 0.266. The minimum Gasteiger partial charge on any atom is -0.516 e. The maximum Gasteiger partial charge on any atom is 0.0794 e. The van der Waals surface area contributed by atoms with E-state index in [1.807, 2.05) is 0 Å². The van der Waals surface area contributed by atoms with E-state index in [4.69, 9.17) is 10.2 Å². The van der Waals surface area contributed by atoms with Gasteiger partial charge in [-0.1, -0.05) is 18.6 Å². The van der Waals surface area contributed by atoms with Gasteiger partial charge in [0, 0.05) is 6.61 Å². The monoisotopic (exact) mass is 156 g/mol. The molecule has 0 amide bonds. The van der Waals surface area contributed by atoms with Crippen LogP contribution in [0.5, 0.6) is 0 Å². The molecule has 0 heterocycles. The van der Waals surface area contributed by atoms with Crippen molar-refractivity contribution in [3.63, 3.8) is 0 Å². The van der Waals surface area contributed by atoms with Crippen LogP contribution < -0.4 is 0 Å². The van der Waals surface area contributed by atoms with E-state index in [-0.39, 0.29) is 6.61 Å². The first-order valence-corrected chi connectivity index (χ1v) is 3.90. The Morgan fingerprint density at radius 3 is 2.55 bits per heavy atom. The van der Waals surface area contributed by atoms with Crippen LogP contribution in [0.25, 0.3) is 0 Å². The second kappa shape index (κ2) is 7.35. The Hall–Kier alpha value is -0.760. The van der Waals surface area contributed by atoms with E-state index < -0.39 is 0 Å². The molecule has 0 aliphatic rings. The van der Waals surface area contributed by atoms with E-state index in [1.165, 1.54) is 0 Å². The fourth-order valence-corrected chi connectivity index (χ4v) is 0.829. The van der Waals surface area contributed by atoms with Crippen LogP contribution in [-0.2, 0) is 0 Å². The van der Waals surface area contributed by atoms with E-state index in [2.05, 4.69) is 6.58 Å². The fourth-order valence-electron chi connectivity index (χ4n) is 0.829. The van der Waals surface area contributed by atoms with Gasteiger partial charge in [0.15, 0.2) is 0 Å². The average Bonchev–Trinajstić information content (AvgIpc) is 1.99. The lowest BCUT2D eigenvalue weighted by molar-refractivity contribution is 0.283. The number of allylic oxidation sites excluding steroid dienone is 2. The van der Waals surface area contributed by atoms with Crippen LogP contribution in [0.4, 0.5) is 0 Å². The summed E-state index contributed by atoms with van der Waals surface area (Å²) in [5, 5.41) is 16.8. The van der Waals surface area contributed by atoms with Crippen LogP contribution in [-0.4, -0.2) is 16.8 Å². The van der Waals surface area contributed by atoms with Gasteiger partial charge in [-0.3, -0.25) is 0 Å². The highest BCUT2D eigenvalue weighted by molar-refractivity contribution is 5.11. The van der Waals surface area contributed by atoms with Crippen LogP contribution in [0, 0.1) is 0 Å². The number of aliphatic hydroxyl groups excluding tert-OH is 2. The number of hydrogen-bond acceptors (Lipinski definition) is 2. The first-order valence-electron chi connectivity index (χ1n) is 3.90. The SMILES string of the molecule is C=C(C=CO)CCCCCO. The van der Waals surface area contributed by atoms with Crippen LogP contribution in [0.15, 0.2) is 24.5 Å². The molecule has 2 heteroatoms. The van der Waals surface area contributed by atoms with Crippen molar-refractivity contribution in [3.8, 4) is 0 Å². The fraction of sp³-hybridized carbons (Fsp3) is 0.556. The lowest BCUT2D eigenvalue weighted by Gasteiger charge is -1.98. The van der Waals surface area contributed by atoms with Gasteiger partial charge in [-0.05, 0) is 25.3 Å². The molecule has 0 radical (unpaired) electrons. The predicted octanol–water partition coefficient (Wildman–Crippen LogP) is 2.17. The third-order valence-electron chi connectivity index (χ3n) is 1.47. The zero-order valence-corrected chi connectivity index (χ0v) is 6.79. The van der Waals surface area contributed by atoms with E-state index in [9.17, 15) is 0 Å². The summed E-state index contributed by atoms with van der Waals surface area (Å²) in [5.74, 6) is 0. The molecule has 0 aromatic rings. The van der Waals surface area contributed by atoms with Gasteiger partial charge in [0.1, 0.15) is 0 Å². The lowest BCUT2D eigenvalue weighted by atomic mass is 10.1. The zero-order chi connectivity index (χ0) is 8.53. The van der Waals surface area contributed by atoms with Gasteiger partial charge in [-0.15, -0.1) is 0 Å². The van der Waals surface area contributed by atoms with E-state index in [0.29, 0.717) is 0 Å². The molecule has 0 aliphatic carbocycles. The first-order chi connectivity index (χ1) is 5.31. The lowest BCUT2D eigenvalue weighted by Crippen LogP contribution is -1.83. The van der Waals surface area contributed by atoms with Crippen LogP contribution in [0.3, 0.4) is 0 Å². The molecule has 11 heavy (non-hydrogen) atoms. The van der Waals surface area contributed by atoms with E-state index in [1.54, 1.807) is 6.08 Å². The normalized spacial score (nSPS) is 10.6. The van der Waals surface area contributed by atoms with Crippen molar-refractivity contribution in [2.45, 2.75) is 25.7 Å². The molecule has 0 atom stereocenters. The quantitative estimate of drug-likeness (QED) is 0.351. The Labute approximate surface area is 67.9 Å². The molecule has 0 saturated carbocycles. The Bertz CT molecular complexity index is 128. The maximum atomic E-state index is 8.46. The van der Waals surface area contributed by atoms with Crippen molar-refractivity contribution >= 4 is 0 Å². The van der Waals surface area contributed by atoms with Crippen molar-refractivity contribution < 1.29 is 10.2 Å². The molecular weight excluding hydrogens is 140 g/mol. The molecule has 0 aliphatic heterocycles. The maximum absolute atomic E-state index is 8.46. The third-order valence-corrected chi connectivity index (χ3v) is 1.47. The van der Waals surface area contributed by atoms with Gasteiger partial charge in [-0.25, -0.2) is 0 Å². The molecule has 2 nitrogen and oxygen atoms in total. The van der Waals surface area contributed by atoms with Crippen LogP contribution in [0.2, 0.25) is 0 Å². The Balaban J connectivity index is 3.17. The smallest absolute Gasteiger partial charge is 0.0794 e. The largest absolute Gasteiger partial charge is 0.516 e. The molecule has 0 spiro atoms. The summed E-state index contributed by atoms with van der Waals surface area (Å²) < 4.78 is 0. The number of rotatable bonds is 6. The van der Waals surface area contributed by atoms with Gasteiger partial charge < -0.3 is 10.2 Å². The summed E-state index contributed by atoms with van der Waals surface area (Å²) in [7, 11) is 0. The summed E-state index contributed by atoms with van der Waals surface area (Å²) in [4.78, 5) is 0. The van der Waals surface area contributed by atoms with Gasteiger partial charge >= 0.3 is 0 Å². The molecule has 0 aromatic carbocycles. The molecule has 0 fully saturated rings. The zero-order valence-electron chi connectivity index (χ0n) is 6.79. The highest BCUT2D eigenvalue weighted by atomic mass is 16.3. The summed E-state index contributed by atoms with van der Waals surface area (Å²) in [6, 6.07) is 0. The van der Waals surface area contributed by atoms with E-state index in [0.717, 1.165) is 37.5 Å². The Kier molecular flexibility index (Phi) is 6.84. The van der Waals surface area contributed by atoms with Gasteiger partial charge in [0.2, 0.25) is 0 Å². The Morgan fingerprint density at radius 2 is 2.00 bits per heavy atom. The van der Waals surface area contributed by atoms with Gasteiger partial charge in [-0.2, -0.15) is 0 Å². The standard InChI is InChI=1S/C9H16O2/c1-9(6-8-11)5-3-2-4-7-10/h6,8,10-11H,1-5,7H2. The molecule has 0 aromatic heterocycles. The molecule has 0 saturated heterocycles. The summed E-state index contributed by atoms with van der Waals surface area (Å²) in [6.45, 7) is 4.00. The molecule has 64 valence electrons. The third kappa shape index (κ3) is 7.13. The molecule has 0 bridgehead atoms. The average molecular weight is 156 g/mol. The second-order valence-electron chi connectivity index (χ2n) is 2.51. The molecule has 0 unspecified atom stereocenters. The number of unbranched alkanes of at least 4 members (excludes halogenated alkanes) is 2. The second-order valence-corrected chi connectivity index (χ2v) is 2.51. The highest BCUT2D eigenvalue weighted by Crippen LogP contribution is 2.07. The van der Waals surface area contributed by atoms with Crippen molar-refractivity contribution in [2.24, 2.45) is 0 Å². The Morgan fingerprint density at radius 1 is 1.27 bits per heavy atom. The molecule has 0 rings (SSSR count). The molecule has 2 N–H and O–H groups in total. The topological polar surface area (TPSA) is 40.5 Å². The van der Waals surface area contributed by atoms with E-state index >= 15 is 0 Å². The van der Waals surface area contributed by atoms with Crippen molar-refractivity contribution in [2.75, 3.05) is 6.61 Å². The van der Waals surface area contributed by atoms with Crippen molar-refractivity contribution in [3.05, 3.63) is 24.5 Å². The summed E-state index contributed by atoms with van der Waals surface area (Å²) in [5.41, 5.74) is 0.936. The summed E-state index contributed by atoms with van der Waals surface area (Å²) in [6.07, 6.45) is 6.42. The van der Waals surface area contributed by atoms with Crippen molar-refractivity contribution in [1.82, 2.24) is 0 Å². The van der Waals surface area contributed by atoms with Gasteiger partial charge in [0.05, 0.1) is 6.26 Å².